The van der Waals surface area contributed by atoms with E-state index in [-0.39, 0.29) is 23.0 Å². The molecule has 0 bridgehead atoms. The van der Waals surface area contributed by atoms with Crippen molar-refractivity contribution in [2.45, 2.75) is 32.8 Å². The van der Waals surface area contributed by atoms with Crippen LogP contribution in [0.4, 0.5) is 4.39 Å². The van der Waals surface area contributed by atoms with Gasteiger partial charge in [0.15, 0.2) is 6.10 Å². The molecule has 4 rings (SSSR count). The summed E-state index contributed by atoms with van der Waals surface area (Å²) in [4.78, 5) is 31.5. The number of hydrogen-bond acceptors (Lipinski definition) is 6. The number of ether oxygens (including phenoxy) is 1. The maximum absolute atomic E-state index is 13.3. The molecule has 150 valence electrons. The van der Waals surface area contributed by atoms with Crippen LogP contribution in [-0.4, -0.2) is 46.1 Å². The lowest BCUT2D eigenvalue weighted by Gasteiger charge is -2.20. The van der Waals surface area contributed by atoms with Crippen LogP contribution in [0.5, 0.6) is 0 Å². The molecule has 0 N–H and O–H groups in total. The van der Waals surface area contributed by atoms with E-state index in [1.165, 1.54) is 12.1 Å². The molecule has 2 aromatic heterocycles. The van der Waals surface area contributed by atoms with Gasteiger partial charge in [-0.3, -0.25) is 4.79 Å². The smallest absolute Gasteiger partial charge is 0.339 e. The first-order valence-corrected chi connectivity index (χ1v) is 9.47. The zero-order chi connectivity index (χ0) is 20.5. The average molecular weight is 397 g/mol. The Morgan fingerprint density at radius 3 is 2.59 bits per heavy atom. The minimum Gasteiger partial charge on any atom is -0.449 e. The molecule has 1 amide bonds. The monoisotopic (exact) mass is 397 g/mol. The van der Waals surface area contributed by atoms with Crippen LogP contribution in [-0.2, 0) is 9.53 Å². The van der Waals surface area contributed by atoms with Crippen LogP contribution in [0.15, 0.2) is 34.9 Å². The molecule has 0 spiro atoms. The van der Waals surface area contributed by atoms with E-state index in [9.17, 15) is 14.0 Å². The number of amides is 1. The Bertz CT molecular complexity index is 1070. The van der Waals surface area contributed by atoms with Crippen molar-refractivity contribution in [1.29, 1.82) is 0 Å². The summed E-state index contributed by atoms with van der Waals surface area (Å²) in [6, 6.07) is 7.28. The van der Waals surface area contributed by atoms with E-state index in [0.29, 0.717) is 35.4 Å². The fourth-order valence-electron chi connectivity index (χ4n) is 3.49. The Kier molecular flexibility index (Phi) is 5.00. The number of nitrogens with zero attached hydrogens (tertiary/aromatic N) is 3. The second-order valence-electron chi connectivity index (χ2n) is 7.09. The predicted octanol–water partition coefficient (Wildman–Crippen LogP) is 3.51. The first kappa shape index (κ1) is 19.0. The molecule has 3 aromatic rings. The number of aryl methyl sites for hydroxylation is 1. The molecular formula is C21H20FN3O4. The predicted molar refractivity (Wildman–Crippen MR) is 103 cm³/mol. The fraction of sp³-hybridized carbons (Fsp3) is 0.333. The maximum Gasteiger partial charge on any atom is 0.339 e. The lowest BCUT2D eigenvalue weighted by molar-refractivity contribution is -0.138. The van der Waals surface area contributed by atoms with Crippen molar-refractivity contribution in [1.82, 2.24) is 15.0 Å². The Labute approximate surface area is 166 Å². The summed E-state index contributed by atoms with van der Waals surface area (Å²) in [5, 5.41) is 4.32. The van der Waals surface area contributed by atoms with Gasteiger partial charge in [0.25, 0.3) is 11.6 Å². The van der Waals surface area contributed by atoms with Crippen LogP contribution in [0, 0.1) is 12.7 Å². The largest absolute Gasteiger partial charge is 0.449 e. The number of halogens is 1. The summed E-state index contributed by atoms with van der Waals surface area (Å²) in [5.74, 6) is -1.24. The van der Waals surface area contributed by atoms with Crippen molar-refractivity contribution < 1.29 is 23.2 Å². The van der Waals surface area contributed by atoms with Crippen molar-refractivity contribution in [3.63, 3.8) is 0 Å². The lowest BCUT2D eigenvalue weighted by atomic mass is 10.1. The van der Waals surface area contributed by atoms with Gasteiger partial charge < -0.3 is 14.2 Å². The summed E-state index contributed by atoms with van der Waals surface area (Å²) in [5.41, 5.74) is 1.89. The van der Waals surface area contributed by atoms with E-state index < -0.39 is 12.1 Å². The van der Waals surface area contributed by atoms with Gasteiger partial charge in [0, 0.05) is 18.7 Å². The molecule has 7 nitrogen and oxygen atoms in total. The second kappa shape index (κ2) is 7.62. The number of pyridine rings is 1. The van der Waals surface area contributed by atoms with Gasteiger partial charge in [0.05, 0.1) is 22.3 Å². The maximum atomic E-state index is 13.3. The fourth-order valence-corrected chi connectivity index (χ4v) is 3.49. The molecule has 8 heteroatoms. The molecule has 1 fully saturated rings. The quantitative estimate of drug-likeness (QED) is 0.627. The first-order chi connectivity index (χ1) is 13.9. The van der Waals surface area contributed by atoms with E-state index in [0.717, 1.165) is 12.8 Å². The molecular weight excluding hydrogens is 377 g/mol. The Balaban J connectivity index is 1.67. The van der Waals surface area contributed by atoms with E-state index in [1.807, 2.05) is 0 Å². The number of fused-ring (bicyclic) bond motifs is 1. The van der Waals surface area contributed by atoms with Gasteiger partial charge in [-0.2, -0.15) is 0 Å². The number of benzene rings is 1. The molecule has 1 saturated heterocycles. The van der Waals surface area contributed by atoms with Crippen molar-refractivity contribution in [2.24, 2.45) is 0 Å². The van der Waals surface area contributed by atoms with Crippen LogP contribution >= 0.6 is 0 Å². The van der Waals surface area contributed by atoms with Gasteiger partial charge in [-0.1, -0.05) is 5.16 Å². The Morgan fingerprint density at radius 2 is 1.90 bits per heavy atom. The Morgan fingerprint density at radius 1 is 1.21 bits per heavy atom. The van der Waals surface area contributed by atoms with Gasteiger partial charge in [-0.25, -0.2) is 14.2 Å². The highest BCUT2D eigenvalue weighted by Gasteiger charge is 2.28. The molecule has 1 aliphatic rings. The van der Waals surface area contributed by atoms with Crippen LogP contribution in [0.3, 0.4) is 0 Å². The van der Waals surface area contributed by atoms with E-state index in [2.05, 4.69) is 10.1 Å². The highest BCUT2D eigenvalue weighted by Crippen LogP contribution is 2.28. The molecule has 0 aliphatic carbocycles. The number of likely N-dealkylation sites (tertiary alicyclic amines) is 1. The first-order valence-electron chi connectivity index (χ1n) is 9.47. The number of hydrogen-bond donors (Lipinski definition) is 0. The standard InChI is InChI=1S/C21H20FN3O4/c1-12-18-16(21(27)28-13(2)20(26)25-9-3-4-10-25)11-17(23-19(18)29-24-12)14-5-7-15(22)8-6-14/h5-8,11,13H,3-4,9-10H2,1-2H3/t13-/m1/s1. The minimum atomic E-state index is -0.904. The highest BCUT2D eigenvalue weighted by atomic mass is 19.1. The third kappa shape index (κ3) is 3.70. The van der Waals surface area contributed by atoms with Crippen molar-refractivity contribution in [3.05, 3.63) is 47.4 Å². The summed E-state index contributed by atoms with van der Waals surface area (Å²) in [7, 11) is 0. The molecule has 1 aromatic carbocycles. The minimum absolute atomic E-state index is 0.176. The summed E-state index contributed by atoms with van der Waals surface area (Å²) >= 11 is 0. The van der Waals surface area contributed by atoms with E-state index in [4.69, 9.17) is 9.26 Å². The third-order valence-electron chi connectivity index (χ3n) is 5.03. The zero-order valence-corrected chi connectivity index (χ0v) is 16.1. The molecule has 0 unspecified atom stereocenters. The number of carbonyl (C=O) groups is 2. The van der Waals surface area contributed by atoms with Crippen LogP contribution < -0.4 is 0 Å². The van der Waals surface area contributed by atoms with E-state index in [1.54, 1.807) is 36.9 Å². The van der Waals surface area contributed by atoms with Gasteiger partial charge in [0.1, 0.15) is 5.82 Å². The molecule has 1 atom stereocenters. The summed E-state index contributed by atoms with van der Waals surface area (Å²) in [6.45, 7) is 4.62. The summed E-state index contributed by atoms with van der Waals surface area (Å²) < 4.78 is 24.0. The average Bonchev–Trinajstić information content (AvgIpc) is 3.37. The normalized spacial score (nSPS) is 14.9. The molecule has 1 aliphatic heterocycles. The number of rotatable bonds is 4. The van der Waals surface area contributed by atoms with Crippen molar-refractivity contribution in [2.75, 3.05) is 13.1 Å². The zero-order valence-electron chi connectivity index (χ0n) is 16.1. The SMILES string of the molecule is Cc1noc2nc(-c3ccc(F)cc3)cc(C(=O)O[C@H](C)C(=O)N3CCCC3)c12. The highest BCUT2D eigenvalue weighted by molar-refractivity contribution is 6.05. The second-order valence-corrected chi connectivity index (χ2v) is 7.09. The molecule has 3 heterocycles. The van der Waals surface area contributed by atoms with Crippen molar-refractivity contribution in [3.8, 4) is 11.3 Å². The van der Waals surface area contributed by atoms with Gasteiger partial charge >= 0.3 is 5.97 Å². The van der Waals surface area contributed by atoms with E-state index >= 15 is 0 Å². The Hall–Kier alpha value is -3.29. The van der Waals surface area contributed by atoms with Crippen LogP contribution in [0.25, 0.3) is 22.4 Å². The van der Waals surface area contributed by atoms with Crippen molar-refractivity contribution >= 4 is 23.0 Å². The molecule has 29 heavy (non-hydrogen) atoms. The summed E-state index contributed by atoms with van der Waals surface area (Å²) in [6.07, 6.45) is 1.01. The van der Waals surface area contributed by atoms with Crippen LogP contribution in [0.1, 0.15) is 35.8 Å². The number of carbonyl (C=O) groups excluding carboxylic acids is 2. The topological polar surface area (TPSA) is 85.5 Å². The van der Waals surface area contributed by atoms with Crippen LogP contribution in [0.2, 0.25) is 0 Å². The molecule has 0 radical (unpaired) electrons. The third-order valence-corrected chi connectivity index (χ3v) is 5.03. The van der Waals surface area contributed by atoms with Gasteiger partial charge in [-0.15, -0.1) is 0 Å². The van der Waals surface area contributed by atoms with Gasteiger partial charge in [0.2, 0.25) is 0 Å². The van der Waals surface area contributed by atoms with Gasteiger partial charge in [-0.05, 0) is 57.0 Å². The molecule has 0 saturated carbocycles. The number of esters is 1. The number of aromatic nitrogens is 2. The lowest BCUT2D eigenvalue weighted by Crippen LogP contribution is -2.38.